The molecule has 0 atom stereocenters. The Morgan fingerprint density at radius 3 is 2.29 bits per heavy atom. The lowest BCUT2D eigenvalue weighted by molar-refractivity contribution is -0.130. The molecule has 0 aromatic heterocycles. The van der Waals surface area contributed by atoms with Gasteiger partial charge in [0.1, 0.15) is 0 Å². The van der Waals surface area contributed by atoms with Crippen molar-refractivity contribution >= 4 is 35.0 Å². The highest BCUT2D eigenvalue weighted by atomic mass is 35.5. The number of benzene rings is 1. The van der Waals surface area contributed by atoms with Crippen LogP contribution in [0.3, 0.4) is 0 Å². The predicted octanol–water partition coefficient (Wildman–Crippen LogP) is 1.77. The van der Waals surface area contributed by atoms with Gasteiger partial charge in [-0.05, 0) is 24.6 Å². The normalized spacial score (nSPS) is 18.2. The summed E-state index contributed by atoms with van der Waals surface area (Å²) in [5.74, 6) is -0.0252. The molecule has 2 aliphatic rings. The maximum absolute atomic E-state index is 12.7. The molecule has 3 rings (SSSR count). The number of rotatable bonds is 2. The topological polar surface area (TPSA) is 60.9 Å². The molecule has 0 bridgehead atoms. The molecule has 2 fully saturated rings. The fourth-order valence-corrected chi connectivity index (χ4v) is 3.38. The molecule has 0 unspecified atom stereocenters. The number of hydrogen-bond donors (Lipinski definition) is 0. The third kappa shape index (κ3) is 3.24. The minimum Gasteiger partial charge on any atom is -0.339 e. The summed E-state index contributed by atoms with van der Waals surface area (Å²) >= 11 is 6.22. The third-order valence-electron chi connectivity index (χ3n) is 4.57. The van der Waals surface area contributed by atoms with E-state index in [1.807, 2.05) is 0 Å². The van der Waals surface area contributed by atoms with Gasteiger partial charge in [-0.15, -0.1) is 0 Å². The van der Waals surface area contributed by atoms with Crippen LogP contribution in [0.2, 0.25) is 5.02 Å². The maximum atomic E-state index is 12.7. The van der Waals surface area contributed by atoms with Crippen LogP contribution in [0.1, 0.15) is 30.1 Å². The van der Waals surface area contributed by atoms with Crippen molar-refractivity contribution in [3.8, 4) is 0 Å². The quantitative estimate of drug-likeness (QED) is 0.817. The lowest BCUT2D eigenvalue weighted by atomic mass is 10.1. The number of anilines is 1. The molecule has 1 aromatic carbocycles. The first kappa shape index (κ1) is 16.8. The van der Waals surface area contributed by atoms with Crippen LogP contribution in [-0.4, -0.2) is 60.2 Å². The van der Waals surface area contributed by atoms with E-state index in [1.54, 1.807) is 32.9 Å². The van der Waals surface area contributed by atoms with Crippen LogP contribution in [-0.2, 0) is 9.59 Å². The van der Waals surface area contributed by atoms with Gasteiger partial charge < -0.3 is 14.7 Å². The van der Waals surface area contributed by atoms with Gasteiger partial charge in [0.15, 0.2) is 0 Å². The van der Waals surface area contributed by atoms with Crippen LogP contribution in [0.5, 0.6) is 0 Å². The van der Waals surface area contributed by atoms with Crippen LogP contribution in [0, 0.1) is 0 Å². The van der Waals surface area contributed by atoms with Gasteiger partial charge >= 0.3 is 0 Å². The van der Waals surface area contributed by atoms with Crippen LogP contribution in [0.4, 0.5) is 5.69 Å². The Hall–Kier alpha value is -2.08. The maximum Gasteiger partial charge on any atom is 0.254 e. The Kier molecular flexibility index (Phi) is 4.76. The summed E-state index contributed by atoms with van der Waals surface area (Å²) in [6.45, 7) is 4.29. The summed E-state index contributed by atoms with van der Waals surface area (Å²) in [7, 11) is 0. The highest BCUT2D eigenvalue weighted by molar-refractivity contribution is 6.34. The number of nitrogens with zero attached hydrogens (tertiary/aromatic N) is 3. The molecule has 0 aliphatic carbocycles. The molecule has 2 aliphatic heterocycles. The Balaban J connectivity index is 1.76. The number of hydrogen-bond acceptors (Lipinski definition) is 3. The summed E-state index contributed by atoms with van der Waals surface area (Å²) in [5, 5.41) is 0.475. The molecule has 6 nitrogen and oxygen atoms in total. The van der Waals surface area contributed by atoms with Crippen molar-refractivity contribution in [1.29, 1.82) is 0 Å². The monoisotopic (exact) mass is 349 g/mol. The standard InChI is InChI=1S/C17H20ClN3O3/c1-12(22)19-7-9-20(10-8-19)17(24)13-4-5-14(18)15(11-13)21-6-2-3-16(21)23/h4-5,11H,2-3,6-10H2,1H3. The molecule has 2 heterocycles. The summed E-state index contributed by atoms with van der Waals surface area (Å²) in [6, 6.07) is 5.05. The van der Waals surface area contributed by atoms with Crippen LogP contribution in [0.15, 0.2) is 18.2 Å². The van der Waals surface area contributed by atoms with E-state index in [0.29, 0.717) is 55.4 Å². The van der Waals surface area contributed by atoms with E-state index in [9.17, 15) is 14.4 Å². The van der Waals surface area contributed by atoms with E-state index in [0.717, 1.165) is 6.42 Å². The van der Waals surface area contributed by atoms with E-state index in [-0.39, 0.29) is 17.7 Å². The number of carbonyl (C=O) groups is 3. The smallest absolute Gasteiger partial charge is 0.254 e. The van der Waals surface area contributed by atoms with Gasteiger partial charge in [-0.1, -0.05) is 11.6 Å². The summed E-state index contributed by atoms with van der Waals surface area (Å²) in [6.07, 6.45) is 1.32. The van der Waals surface area contributed by atoms with Crippen LogP contribution >= 0.6 is 11.6 Å². The molecule has 0 N–H and O–H groups in total. The average Bonchev–Trinajstić information content (AvgIpc) is 3.00. The van der Waals surface area contributed by atoms with Crippen molar-refractivity contribution in [1.82, 2.24) is 9.80 Å². The van der Waals surface area contributed by atoms with Gasteiger partial charge in [0.25, 0.3) is 5.91 Å². The Bertz CT molecular complexity index is 684. The molecule has 3 amide bonds. The Labute approximate surface area is 146 Å². The van der Waals surface area contributed by atoms with E-state index in [2.05, 4.69) is 0 Å². The summed E-state index contributed by atoms with van der Waals surface area (Å²) < 4.78 is 0. The summed E-state index contributed by atoms with van der Waals surface area (Å²) in [4.78, 5) is 41.1. The van der Waals surface area contributed by atoms with E-state index >= 15 is 0 Å². The molecule has 0 spiro atoms. The number of halogens is 1. The largest absolute Gasteiger partial charge is 0.339 e. The molecule has 128 valence electrons. The fraction of sp³-hybridized carbons (Fsp3) is 0.471. The van der Waals surface area contributed by atoms with Gasteiger partial charge in [-0.3, -0.25) is 14.4 Å². The first-order valence-electron chi connectivity index (χ1n) is 8.12. The minimum atomic E-state index is -0.0947. The molecule has 1 aromatic rings. The second-order valence-electron chi connectivity index (χ2n) is 6.11. The van der Waals surface area contributed by atoms with Gasteiger partial charge in [0.2, 0.25) is 11.8 Å². The number of carbonyl (C=O) groups excluding carboxylic acids is 3. The zero-order valence-corrected chi connectivity index (χ0v) is 14.4. The Morgan fingerprint density at radius 2 is 1.71 bits per heavy atom. The second-order valence-corrected chi connectivity index (χ2v) is 6.52. The molecular formula is C17H20ClN3O3. The third-order valence-corrected chi connectivity index (χ3v) is 4.89. The highest BCUT2D eigenvalue weighted by Gasteiger charge is 2.27. The highest BCUT2D eigenvalue weighted by Crippen LogP contribution is 2.30. The number of piperazine rings is 1. The van der Waals surface area contributed by atoms with Crippen molar-refractivity contribution in [3.05, 3.63) is 28.8 Å². The van der Waals surface area contributed by atoms with Crippen molar-refractivity contribution < 1.29 is 14.4 Å². The Morgan fingerprint density at radius 1 is 1.04 bits per heavy atom. The van der Waals surface area contributed by atoms with Crippen LogP contribution in [0.25, 0.3) is 0 Å². The SMILES string of the molecule is CC(=O)N1CCN(C(=O)c2ccc(Cl)c(N3CCCC3=O)c2)CC1. The molecule has 7 heteroatoms. The number of amides is 3. The van der Waals surface area contributed by atoms with Crippen molar-refractivity contribution in [2.45, 2.75) is 19.8 Å². The lowest BCUT2D eigenvalue weighted by Gasteiger charge is -2.34. The van der Waals surface area contributed by atoms with Crippen LogP contribution < -0.4 is 4.90 Å². The van der Waals surface area contributed by atoms with Gasteiger partial charge in [0, 0.05) is 51.6 Å². The van der Waals surface area contributed by atoms with E-state index in [4.69, 9.17) is 11.6 Å². The zero-order valence-electron chi connectivity index (χ0n) is 13.6. The average molecular weight is 350 g/mol. The molecule has 24 heavy (non-hydrogen) atoms. The van der Waals surface area contributed by atoms with Crippen molar-refractivity contribution in [3.63, 3.8) is 0 Å². The van der Waals surface area contributed by atoms with Gasteiger partial charge in [-0.2, -0.15) is 0 Å². The lowest BCUT2D eigenvalue weighted by Crippen LogP contribution is -2.50. The first-order chi connectivity index (χ1) is 11.5. The molecule has 2 saturated heterocycles. The minimum absolute atomic E-state index is 0.0309. The first-order valence-corrected chi connectivity index (χ1v) is 8.50. The van der Waals surface area contributed by atoms with E-state index < -0.39 is 0 Å². The van der Waals surface area contributed by atoms with Crippen molar-refractivity contribution in [2.75, 3.05) is 37.6 Å². The van der Waals surface area contributed by atoms with Gasteiger partial charge in [0.05, 0.1) is 10.7 Å². The van der Waals surface area contributed by atoms with E-state index in [1.165, 1.54) is 6.92 Å². The van der Waals surface area contributed by atoms with Crippen molar-refractivity contribution in [2.24, 2.45) is 0 Å². The predicted molar refractivity (Wildman–Crippen MR) is 91.2 cm³/mol. The molecular weight excluding hydrogens is 330 g/mol. The second kappa shape index (κ2) is 6.81. The summed E-state index contributed by atoms with van der Waals surface area (Å²) in [5.41, 5.74) is 1.12. The zero-order chi connectivity index (χ0) is 17.3. The van der Waals surface area contributed by atoms with Gasteiger partial charge in [-0.25, -0.2) is 0 Å². The molecule has 0 saturated carbocycles. The fourth-order valence-electron chi connectivity index (χ4n) is 3.16. The molecule has 0 radical (unpaired) electrons.